The maximum atomic E-state index is 13.8. The van der Waals surface area contributed by atoms with Gasteiger partial charge in [-0.05, 0) is 94.6 Å². The van der Waals surface area contributed by atoms with Crippen molar-refractivity contribution < 1.29 is 28.2 Å². The molecular weight excluding hydrogens is 692 g/mol. The lowest BCUT2D eigenvalue weighted by Gasteiger charge is -2.34. The van der Waals surface area contributed by atoms with Gasteiger partial charge >= 0.3 is 12.1 Å². The van der Waals surface area contributed by atoms with E-state index in [9.17, 15) is 9.59 Å². The van der Waals surface area contributed by atoms with Crippen LogP contribution >= 0.6 is 15.9 Å². The predicted molar refractivity (Wildman–Crippen MR) is 189 cm³/mol. The number of rotatable bonds is 5. The lowest BCUT2D eigenvalue weighted by Crippen LogP contribution is -2.42. The Labute approximate surface area is 292 Å². The number of carbonyl (C=O) groups excluding carboxylic acids is 2. The first-order valence-electron chi connectivity index (χ1n) is 16.7. The maximum absolute atomic E-state index is 13.8. The van der Waals surface area contributed by atoms with E-state index in [1.807, 2.05) is 95.0 Å². The molecule has 2 atom stereocenters. The Morgan fingerprint density at radius 2 is 1.59 bits per heavy atom. The second-order valence-corrected chi connectivity index (χ2v) is 15.4. The zero-order chi connectivity index (χ0) is 34.7. The van der Waals surface area contributed by atoms with Crippen LogP contribution in [0.1, 0.15) is 66.8 Å². The van der Waals surface area contributed by atoms with Crippen LogP contribution in [0.4, 0.5) is 10.6 Å². The number of benzene rings is 2. The van der Waals surface area contributed by atoms with Crippen LogP contribution in [0.2, 0.25) is 0 Å². The number of hydrogen-bond donors (Lipinski definition) is 0. The number of fused-ring (bicyclic) bond motifs is 4. The quantitative estimate of drug-likeness (QED) is 0.133. The van der Waals surface area contributed by atoms with E-state index in [0.717, 1.165) is 16.4 Å². The van der Waals surface area contributed by atoms with Crippen LogP contribution in [0.25, 0.3) is 33.1 Å². The van der Waals surface area contributed by atoms with Crippen molar-refractivity contribution >= 4 is 66.9 Å². The van der Waals surface area contributed by atoms with Crippen LogP contribution in [-0.4, -0.2) is 79.5 Å². The van der Waals surface area contributed by atoms with Crippen LogP contribution < -0.4 is 9.64 Å². The average Bonchev–Trinajstić information content (AvgIpc) is 3.72. The summed E-state index contributed by atoms with van der Waals surface area (Å²) in [7, 11) is 0. The number of halogens is 1. The Bertz CT molecular complexity index is 2040. The third-order valence-electron chi connectivity index (χ3n) is 8.71. The molecule has 5 heterocycles. The van der Waals surface area contributed by atoms with E-state index in [2.05, 4.69) is 25.5 Å². The van der Waals surface area contributed by atoms with Crippen molar-refractivity contribution in [3.05, 3.63) is 53.3 Å². The number of amides is 1. The van der Waals surface area contributed by atoms with Gasteiger partial charge in [-0.15, -0.1) is 0 Å². The van der Waals surface area contributed by atoms with Crippen LogP contribution in [0.3, 0.4) is 0 Å². The zero-order valence-electron chi connectivity index (χ0n) is 28.6. The molecule has 2 aromatic carbocycles. The molecule has 0 saturated carbocycles. The maximum Gasteiger partial charge on any atom is 0.410 e. The first-order chi connectivity index (χ1) is 23.2. The highest BCUT2D eigenvalue weighted by atomic mass is 79.9. The Hall–Kier alpha value is -4.39. The van der Waals surface area contributed by atoms with Gasteiger partial charge in [-0.25, -0.2) is 19.6 Å². The summed E-state index contributed by atoms with van der Waals surface area (Å²) >= 11 is 3.49. The molecule has 13 heteroatoms. The molecule has 0 unspecified atom stereocenters. The number of piperidine rings is 1. The fourth-order valence-corrected chi connectivity index (χ4v) is 7.04. The van der Waals surface area contributed by atoms with Gasteiger partial charge in [-0.3, -0.25) is 4.57 Å². The minimum absolute atomic E-state index is 0.0493. The van der Waals surface area contributed by atoms with E-state index in [4.69, 9.17) is 28.6 Å². The first kappa shape index (κ1) is 33.1. The number of likely N-dealkylation sites (tertiary alicyclic amines) is 1. The van der Waals surface area contributed by atoms with Crippen molar-refractivity contribution in [1.82, 2.24) is 24.4 Å². The molecule has 12 nitrogen and oxygen atoms in total. The summed E-state index contributed by atoms with van der Waals surface area (Å²) in [5, 5.41) is 0.856. The second kappa shape index (κ2) is 12.5. The molecule has 0 spiro atoms. The molecule has 0 N–H and O–H groups in total. The lowest BCUT2D eigenvalue weighted by molar-refractivity contribution is -0.156. The van der Waals surface area contributed by atoms with E-state index >= 15 is 0 Å². The molecule has 5 aromatic rings. The third-order valence-corrected chi connectivity index (χ3v) is 9.06. The molecule has 0 bridgehead atoms. The van der Waals surface area contributed by atoms with Crippen molar-refractivity contribution in [2.45, 2.75) is 90.2 Å². The molecule has 49 heavy (non-hydrogen) atoms. The molecule has 7 rings (SSSR count). The normalized spacial score (nSPS) is 19.2. The number of nitrogens with zero attached hydrogens (tertiary/aromatic N) is 6. The number of ether oxygens (including phenoxy) is 3. The smallest absolute Gasteiger partial charge is 0.410 e. The van der Waals surface area contributed by atoms with Gasteiger partial charge in [-0.2, -0.15) is 4.98 Å². The fraction of sp³-hybridized carbons (Fsp3) is 0.472. The van der Waals surface area contributed by atoms with Crippen LogP contribution in [0, 0.1) is 0 Å². The standard InChI is InChI=1S/C36H41BrN6O6/c1-35(2,3)48-31(44)26-19-22(20-42(26)30-29-28(39-32(37)40-30)23-11-7-10-14-27(23)47-29)46-33-38-24-12-8-9-13-25(24)43(33)21-15-17-41(18-16-21)34(45)49-36(4,5)6/h7-14,21-22,26H,15-20H2,1-6H3/t22-,26-/m0/s1. The topological polar surface area (TPSA) is 125 Å². The summed E-state index contributed by atoms with van der Waals surface area (Å²) < 4.78 is 27.1. The number of anilines is 1. The molecule has 2 fully saturated rings. The Morgan fingerprint density at radius 1 is 0.898 bits per heavy atom. The molecule has 2 aliphatic heterocycles. The van der Waals surface area contributed by atoms with Gasteiger partial charge in [0.1, 0.15) is 34.4 Å². The SMILES string of the molecule is CC(C)(C)OC(=O)[C@@H]1C[C@H](Oc2nc3ccccc3n2C2CCN(C(=O)OC(C)(C)C)CC2)CN1c1nc(Br)nc2c1oc1ccccc12. The van der Waals surface area contributed by atoms with Gasteiger partial charge in [0.05, 0.1) is 17.6 Å². The Morgan fingerprint density at radius 3 is 2.33 bits per heavy atom. The third kappa shape index (κ3) is 6.77. The number of esters is 1. The zero-order valence-corrected chi connectivity index (χ0v) is 30.2. The van der Waals surface area contributed by atoms with Crippen LogP contribution in [-0.2, 0) is 14.3 Å². The minimum Gasteiger partial charge on any atom is -0.459 e. The monoisotopic (exact) mass is 732 g/mol. The van der Waals surface area contributed by atoms with Crippen molar-refractivity contribution in [3.63, 3.8) is 0 Å². The van der Waals surface area contributed by atoms with Gasteiger partial charge < -0.3 is 28.4 Å². The summed E-state index contributed by atoms with van der Waals surface area (Å²) in [6.07, 6.45) is 1.05. The summed E-state index contributed by atoms with van der Waals surface area (Å²) in [5.41, 5.74) is 2.34. The summed E-state index contributed by atoms with van der Waals surface area (Å²) in [5.74, 6) is 0.110. The number of aromatic nitrogens is 4. The lowest BCUT2D eigenvalue weighted by atomic mass is 10.0. The van der Waals surface area contributed by atoms with E-state index in [-0.39, 0.29) is 18.1 Å². The number of para-hydroxylation sites is 3. The van der Waals surface area contributed by atoms with E-state index in [1.165, 1.54) is 0 Å². The van der Waals surface area contributed by atoms with Gasteiger partial charge in [0.2, 0.25) is 0 Å². The molecular formula is C36H41BrN6O6. The number of hydrogen-bond acceptors (Lipinski definition) is 10. The van der Waals surface area contributed by atoms with E-state index in [1.54, 1.807) is 4.90 Å². The van der Waals surface area contributed by atoms with Crippen molar-refractivity contribution in [2.24, 2.45) is 0 Å². The highest BCUT2D eigenvalue weighted by Gasteiger charge is 2.43. The van der Waals surface area contributed by atoms with E-state index < -0.39 is 23.3 Å². The molecule has 0 radical (unpaired) electrons. The molecule has 1 amide bonds. The largest absolute Gasteiger partial charge is 0.459 e. The van der Waals surface area contributed by atoms with Crippen molar-refractivity contribution in [2.75, 3.05) is 24.5 Å². The molecule has 2 saturated heterocycles. The Balaban J connectivity index is 1.21. The van der Waals surface area contributed by atoms with Crippen molar-refractivity contribution in [1.29, 1.82) is 0 Å². The fourth-order valence-electron chi connectivity index (χ4n) is 6.70. The average molecular weight is 734 g/mol. The van der Waals surface area contributed by atoms with Crippen LogP contribution in [0.5, 0.6) is 6.01 Å². The first-order valence-corrected chi connectivity index (χ1v) is 17.5. The second-order valence-electron chi connectivity index (χ2n) is 14.7. The highest BCUT2D eigenvalue weighted by Crippen LogP contribution is 2.39. The molecule has 2 aliphatic rings. The number of carbonyl (C=O) groups is 2. The summed E-state index contributed by atoms with van der Waals surface area (Å²) in [6, 6.07) is 15.5. The number of imidazole rings is 1. The van der Waals surface area contributed by atoms with Gasteiger partial charge in [0.25, 0.3) is 6.01 Å². The Kier molecular flexibility index (Phi) is 8.45. The van der Waals surface area contributed by atoms with Crippen molar-refractivity contribution in [3.8, 4) is 6.01 Å². The van der Waals surface area contributed by atoms with E-state index in [0.29, 0.717) is 72.1 Å². The van der Waals surface area contributed by atoms with Gasteiger partial charge in [-0.1, -0.05) is 24.3 Å². The molecule has 3 aromatic heterocycles. The minimum atomic E-state index is -0.697. The highest BCUT2D eigenvalue weighted by molar-refractivity contribution is 9.10. The van der Waals surface area contributed by atoms with Gasteiger partial charge in [0.15, 0.2) is 16.1 Å². The molecule has 0 aliphatic carbocycles. The van der Waals surface area contributed by atoms with Crippen LogP contribution in [0.15, 0.2) is 57.7 Å². The number of furan rings is 1. The summed E-state index contributed by atoms with van der Waals surface area (Å²) in [6.45, 7) is 12.6. The predicted octanol–water partition coefficient (Wildman–Crippen LogP) is 7.43. The van der Waals surface area contributed by atoms with Gasteiger partial charge in [0, 0.05) is 30.9 Å². The summed E-state index contributed by atoms with van der Waals surface area (Å²) in [4.78, 5) is 44.5. The molecule has 258 valence electrons.